The van der Waals surface area contributed by atoms with E-state index in [2.05, 4.69) is 20.8 Å². The summed E-state index contributed by atoms with van der Waals surface area (Å²) in [6.45, 7) is 0. The number of aromatic amines is 1. The number of carbonyl (C=O) groups is 1. The first-order valence-corrected chi connectivity index (χ1v) is 7.58. The van der Waals surface area contributed by atoms with E-state index in [1.54, 1.807) is 12.3 Å². The van der Waals surface area contributed by atoms with Gasteiger partial charge in [-0.2, -0.15) is 5.10 Å². The van der Waals surface area contributed by atoms with Gasteiger partial charge in [0.05, 0.1) is 22.4 Å². The Labute approximate surface area is 142 Å². The molecule has 1 aliphatic heterocycles. The first-order chi connectivity index (χ1) is 12.1. The first-order valence-electron chi connectivity index (χ1n) is 7.58. The average molecular weight is 335 g/mol. The van der Waals surface area contributed by atoms with E-state index < -0.39 is 11.1 Å². The number of aromatic nitrogens is 2. The maximum atomic E-state index is 12.4. The third-order valence-corrected chi connectivity index (χ3v) is 4.09. The third-order valence-electron chi connectivity index (χ3n) is 4.09. The van der Waals surface area contributed by atoms with Gasteiger partial charge in [-0.15, -0.1) is 0 Å². The van der Waals surface area contributed by atoms with E-state index in [4.69, 9.17) is 0 Å². The van der Waals surface area contributed by atoms with Crippen LogP contribution in [0.2, 0.25) is 0 Å². The lowest BCUT2D eigenvalue weighted by molar-refractivity contribution is -0.384. The highest BCUT2D eigenvalue weighted by Crippen LogP contribution is 2.36. The fourth-order valence-corrected chi connectivity index (χ4v) is 2.93. The van der Waals surface area contributed by atoms with Crippen molar-refractivity contribution in [1.29, 1.82) is 0 Å². The van der Waals surface area contributed by atoms with Gasteiger partial charge in [-0.05, 0) is 11.6 Å². The molecule has 25 heavy (non-hydrogen) atoms. The van der Waals surface area contributed by atoms with Crippen LogP contribution < -0.4 is 10.6 Å². The summed E-state index contributed by atoms with van der Waals surface area (Å²) in [4.78, 5) is 23.2. The standard InChI is InChI=1S/C17H13N5O3/c23-17-11-7-4-8-13(22(24)25)15(11)19-16(20-17)12-9-18-21-14(12)10-5-2-1-3-6-10/h1-9,16,19H,(H,18,21)(H,20,23). The molecule has 8 nitrogen and oxygen atoms in total. The van der Waals surface area contributed by atoms with Crippen molar-refractivity contribution >= 4 is 17.3 Å². The van der Waals surface area contributed by atoms with Gasteiger partial charge in [0.15, 0.2) is 0 Å². The molecule has 3 N–H and O–H groups in total. The first kappa shape index (κ1) is 14.9. The largest absolute Gasteiger partial charge is 0.355 e. The van der Waals surface area contributed by atoms with Gasteiger partial charge in [0.25, 0.3) is 11.6 Å². The molecule has 0 radical (unpaired) electrons. The molecule has 2 heterocycles. The van der Waals surface area contributed by atoms with Crippen LogP contribution in [0.1, 0.15) is 22.1 Å². The molecule has 4 rings (SSSR count). The van der Waals surface area contributed by atoms with E-state index in [1.807, 2.05) is 30.3 Å². The summed E-state index contributed by atoms with van der Waals surface area (Å²) in [5.41, 5.74) is 2.65. The molecule has 1 atom stereocenters. The van der Waals surface area contributed by atoms with Crippen LogP contribution in [0.4, 0.5) is 11.4 Å². The number of rotatable bonds is 3. The summed E-state index contributed by atoms with van der Waals surface area (Å²) in [6, 6.07) is 13.9. The van der Waals surface area contributed by atoms with E-state index in [9.17, 15) is 14.9 Å². The van der Waals surface area contributed by atoms with E-state index in [0.29, 0.717) is 5.56 Å². The van der Waals surface area contributed by atoms with Crippen LogP contribution in [-0.4, -0.2) is 21.0 Å². The molecule has 0 bridgehead atoms. The number of fused-ring (bicyclic) bond motifs is 1. The highest BCUT2D eigenvalue weighted by Gasteiger charge is 2.32. The zero-order valence-corrected chi connectivity index (χ0v) is 12.9. The quantitative estimate of drug-likeness (QED) is 0.503. The van der Waals surface area contributed by atoms with Gasteiger partial charge >= 0.3 is 0 Å². The Balaban J connectivity index is 1.77. The number of nitrogens with zero attached hydrogens (tertiary/aromatic N) is 2. The number of anilines is 1. The van der Waals surface area contributed by atoms with Crippen LogP contribution >= 0.6 is 0 Å². The third kappa shape index (κ3) is 2.49. The number of hydrogen-bond donors (Lipinski definition) is 3. The number of benzene rings is 2. The van der Waals surface area contributed by atoms with Crippen LogP contribution in [0.15, 0.2) is 54.7 Å². The van der Waals surface area contributed by atoms with Crippen LogP contribution in [0.3, 0.4) is 0 Å². The molecule has 0 saturated heterocycles. The maximum absolute atomic E-state index is 12.4. The number of nitrogens with one attached hydrogen (secondary N) is 3. The molecular weight excluding hydrogens is 322 g/mol. The van der Waals surface area contributed by atoms with Crippen LogP contribution in [-0.2, 0) is 0 Å². The topological polar surface area (TPSA) is 113 Å². The van der Waals surface area contributed by atoms with Gasteiger partial charge in [0.2, 0.25) is 0 Å². The van der Waals surface area contributed by atoms with Crippen LogP contribution in [0, 0.1) is 10.1 Å². The second-order valence-electron chi connectivity index (χ2n) is 5.57. The zero-order chi connectivity index (χ0) is 17.4. The van der Waals surface area contributed by atoms with E-state index >= 15 is 0 Å². The van der Waals surface area contributed by atoms with Gasteiger partial charge in [-0.25, -0.2) is 0 Å². The van der Waals surface area contributed by atoms with Crippen LogP contribution in [0.25, 0.3) is 11.3 Å². The van der Waals surface area contributed by atoms with Crippen molar-refractivity contribution in [3.8, 4) is 11.3 Å². The molecule has 0 spiro atoms. The Bertz CT molecular complexity index is 953. The predicted molar refractivity (Wildman–Crippen MR) is 91.0 cm³/mol. The van der Waals surface area contributed by atoms with E-state index in [0.717, 1.165) is 11.3 Å². The second-order valence-corrected chi connectivity index (χ2v) is 5.57. The van der Waals surface area contributed by atoms with Crippen molar-refractivity contribution in [2.75, 3.05) is 5.32 Å². The molecule has 2 aromatic carbocycles. The van der Waals surface area contributed by atoms with E-state index in [-0.39, 0.29) is 22.8 Å². The maximum Gasteiger partial charge on any atom is 0.293 e. The summed E-state index contributed by atoms with van der Waals surface area (Å²) < 4.78 is 0. The summed E-state index contributed by atoms with van der Waals surface area (Å²) in [6.07, 6.45) is 0.968. The smallest absolute Gasteiger partial charge is 0.293 e. The zero-order valence-electron chi connectivity index (χ0n) is 12.9. The Morgan fingerprint density at radius 2 is 1.84 bits per heavy atom. The normalized spacial score (nSPS) is 15.8. The number of hydrogen-bond acceptors (Lipinski definition) is 5. The van der Waals surface area contributed by atoms with E-state index in [1.165, 1.54) is 12.1 Å². The van der Waals surface area contributed by atoms with Gasteiger partial charge in [-0.3, -0.25) is 20.0 Å². The highest BCUT2D eigenvalue weighted by atomic mass is 16.6. The summed E-state index contributed by atoms with van der Waals surface area (Å²) in [7, 11) is 0. The minimum absolute atomic E-state index is 0.137. The summed E-state index contributed by atoms with van der Waals surface area (Å²) in [5, 5.41) is 24.1. The minimum atomic E-state index is -0.630. The van der Waals surface area contributed by atoms with Crippen molar-refractivity contribution in [2.45, 2.75) is 6.17 Å². The second kappa shape index (κ2) is 5.75. The molecule has 8 heteroatoms. The Morgan fingerprint density at radius 1 is 1.04 bits per heavy atom. The lowest BCUT2D eigenvalue weighted by atomic mass is 10.0. The molecule has 124 valence electrons. The molecule has 1 aliphatic rings. The molecule has 1 unspecified atom stereocenters. The fourth-order valence-electron chi connectivity index (χ4n) is 2.93. The van der Waals surface area contributed by atoms with Gasteiger partial charge < -0.3 is 10.6 Å². The van der Waals surface area contributed by atoms with Gasteiger partial charge in [0, 0.05) is 11.6 Å². The summed E-state index contributed by atoms with van der Waals surface area (Å²) >= 11 is 0. The fraction of sp³-hybridized carbons (Fsp3) is 0.0588. The number of carbonyl (C=O) groups excluding carboxylic acids is 1. The molecule has 0 aliphatic carbocycles. The Hall–Kier alpha value is -3.68. The number of amides is 1. The van der Waals surface area contributed by atoms with Crippen molar-refractivity contribution in [3.63, 3.8) is 0 Å². The van der Waals surface area contributed by atoms with Gasteiger partial charge in [0.1, 0.15) is 11.9 Å². The SMILES string of the molecule is O=C1NC(c2cn[nH]c2-c2ccccc2)Nc2c1cccc2[N+](=O)[O-]. The lowest BCUT2D eigenvalue weighted by Gasteiger charge is -2.27. The monoisotopic (exact) mass is 335 g/mol. The molecular formula is C17H13N5O3. The van der Waals surface area contributed by atoms with Crippen molar-refractivity contribution < 1.29 is 9.72 Å². The molecule has 0 saturated carbocycles. The highest BCUT2D eigenvalue weighted by molar-refractivity contribution is 6.03. The molecule has 1 amide bonds. The number of nitro groups is 1. The van der Waals surface area contributed by atoms with Crippen molar-refractivity contribution in [1.82, 2.24) is 15.5 Å². The lowest BCUT2D eigenvalue weighted by Crippen LogP contribution is -2.38. The summed E-state index contributed by atoms with van der Waals surface area (Å²) in [5.74, 6) is -0.373. The molecule has 0 fully saturated rings. The predicted octanol–water partition coefficient (Wildman–Crippen LogP) is 2.84. The van der Waals surface area contributed by atoms with Gasteiger partial charge in [-0.1, -0.05) is 36.4 Å². The van der Waals surface area contributed by atoms with Crippen molar-refractivity contribution in [2.24, 2.45) is 0 Å². The minimum Gasteiger partial charge on any atom is -0.355 e. The Morgan fingerprint density at radius 3 is 2.60 bits per heavy atom. The number of nitro benzene ring substituents is 1. The van der Waals surface area contributed by atoms with Crippen LogP contribution in [0.5, 0.6) is 0 Å². The Kier molecular flexibility index (Phi) is 3.42. The van der Waals surface area contributed by atoms with Crippen molar-refractivity contribution in [3.05, 3.63) is 76.0 Å². The molecule has 3 aromatic rings. The molecule has 1 aromatic heterocycles. The number of para-hydroxylation sites is 1. The number of H-pyrrole nitrogens is 1. The average Bonchev–Trinajstić information content (AvgIpc) is 3.11.